The Hall–Kier alpha value is -7.10. The van der Waals surface area contributed by atoms with E-state index in [1.807, 2.05) is 0 Å². The molecule has 3 heteroatoms. The van der Waals surface area contributed by atoms with E-state index >= 15 is 0 Å². The van der Waals surface area contributed by atoms with Crippen LogP contribution in [0.3, 0.4) is 0 Å². The number of aromatic nitrogens is 3. The van der Waals surface area contributed by atoms with Gasteiger partial charge in [0, 0.05) is 32.7 Å². The predicted molar refractivity (Wildman–Crippen MR) is 235 cm³/mol. The molecule has 0 N–H and O–H groups in total. The molecule has 11 aromatic rings. The third-order valence-corrected chi connectivity index (χ3v) is 12.3. The molecule has 0 aliphatic heterocycles. The van der Waals surface area contributed by atoms with Gasteiger partial charge in [-0.2, -0.15) is 0 Å². The van der Waals surface area contributed by atoms with Crippen LogP contribution in [0, 0.1) is 0 Å². The molecule has 0 saturated heterocycles. The summed E-state index contributed by atoms with van der Waals surface area (Å²) < 4.78 is 2.40. The van der Waals surface area contributed by atoms with Crippen LogP contribution in [-0.4, -0.2) is 14.5 Å². The zero-order valence-corrected chi connectivity index (χ0v) is 31.1. The summed E-state index contributed by atoms with van der Waals surface area (Å²) in [5.41, 5.74) is 10.6. The lowest BCUT2D eigenvalue weighted by Gasteiger charge is -2.21. The van der Waals surface area contributed by atoms with Crippen LogP contribution in [0.1, 0.15) is 25.1 Å². The van der Waals surface area contributed by atoms with Gasteiger partial charge in [-0.25, -0.2) is 9.97 Å². The maximum absolute atomic E-state index is 5.76. The highest BCUT2D eigenvalue weighted by molar-refractivity contribution is 6.37. The van der Waals surface area contributed by atoms with E-state index in [0.717, 1.165) is 45.1 Å². The van der Waals surface area contributed by atoms with Crippen molar-refractivity contribution >= 4 is 64.9 Å². The highest BCUT2D eigenvalue weighted by Crippen LogP contribution is 2.50. The number of nitrogens with zero attached hydrogens (tertiary/aromatic N) is 3. The topological polar surface area (TPSA) is 30.7 Å². The van der Waals surface area contributed by atoms with Gasteiger partial charge in [0.2, 0.25) is 0 Å². The van der Waals surface area contributed by atoms with Crippen molar-refractivity contribution in [3.8, 4) is 39.5 Å². The van der Waals surface area contributed by atoms with Gasteiger partial charge in [-0.15, -0.1) is 0 Å². The van der Waals surface area contributed by atoms with E-state index in [0.29, 0.717) is 0 Å². The molecule has 0 atom stereocenters. The monoisotopic (exact) mass is 713 g/mol. The van der Waals surface area contributed by atoms with Crippen molar-refractivity contribution in [1.82, 2.24) is 14.5 Å². The smallest absolute Gasteiger partial charge is 0.165 e. The van der Waals surface area contributed by atoms with Gasteiger partial charge in [-0.05, 0) is 66.5 Å². The van der Waals surface area contributed by atoms with E-state index in [2.05, 4.69) is 194 Å². The summed E-state index contributed by atoms with van der Waals surface area (Å²) in [6.45, 7) is 4.56. The molecule has 0 bridgehead atoms. The molecule has 1 aliphatic carbocycles. The van der Waals surface area contributed by atoms with Crippen LogP contribution < -0.4 is 0 Å². The second-order valence-electron chi connectivity index (χ2n) is 15.7. The van der Waals surface area contributed by atoms with Gasteiger partial charge in [0.15, 0.2) is 5.82 Å². The Kier molecular flexibility index (Phi) is 6.40. The van der Waals surface area contributed by atoms with Crippen LogP contribution in [0.25, 0.3) is 104 Å². The first-order chi connectivity index (χ1) is 27.6. The summed E-state index contributed by atoms with van der Waals surface area (Å²) in [4.78, 5) is 11.5. The molecule has 12 rings (SSSR count). The Morgan fingerprint density at radius 3 is 1.71 bits per heavy atom. The number of benzene rings is 9. The van der Waals surface area contributed by atoms with E-state index in [1.54, 1.807) is 0 Å². The molecule has 1 aliphatic rings. The molecular formula is C53H35N3. The lowest BCUT2D eigenvalue weighted by atomic mass is 9.85. The lowest BCUT2D eigenvalue weighted by Crippen LogP contribution is -2.18. The molecule has 262 valence electrons. The van der Waals surface area contributed by atoms with Crippen LogP contribution in [0.4, 0.5) is 0 Å². The van der Waals surface area contributed by atoms with Gasteiger partial charge in [0.05, 0.1) is 22.4 Å². The summed E-state index contributed by atoms with van der Waals surface area (Å²) in [6.07, 6.45) is 0. The zero-order valence-electron chi connectivity index (χ0n) is 31.1. The van der Waals surface area contributed by atoms with Gasteiger partial charge in [-0.1, -0.05) is 178 Å². The third-order valence-electron chi connectivity index (χ3n) is 12.3. The highest BCUT2D eigenvalue weighted by atomic mass is 15.1. The molecule has 2 heterocycles. The van der Waals surface area contributed by atoms with Crippen molar-refractivity contribution in [2.24, 2.45) is 0 Å². The molecule has 0 amide bonds. The number of rotatable bonds is 3. The molecule has 3 nitrogen and oxygen atoms in total. The fourth-order valence-electron chi connectivity index (χ4n) is 9.70. The van der Waals surface area contributed by atoms with Crippen LogP contribution in [0.2, 0.25) is 0 Å². The standard InChI is InChI=1S/C53H35N3/c1-53(2)43-23-13-12-22-42(43)50-51(53)54-49(35-26-24-33(25-27-35)32-14-4-3-5-15-32)52(55-50)56-44-30-28-34-16-6-7-17-36(34)47(44)48-45(56)31-29-41-39-20-9-8-18-37(39)38-19-10-11-21-40(38)46(41)48/h3-31H,1-2H3. The Labute approximate surface area is 324 Å². The van der Waals surface area contributed by atoms with Crippen molar-refractivity contribution in [2.45, 2.75) is 19.3 Å². The zero-order chi connectivity index (χ0) is 37.1. The van der Waals surface area contributed by atoms with Gasteiger partial charge in [0.25, 0.3) is 0 Å². The van der Waals surface area contributed by atoms with E-state index in [9.17, 15) is 0 Å². The number of hydrogen-bond acceptors (Lipinski definition) is 2. The molecular weight excluding hydrogens is 679 g/mol. The van der Waals surface area contributed by atoms with Crippen molar-refractivity contribution in [3.63, 3.8) is 0 Å². The molecule has 0 spiro atoms. The van der Waals surface area contributed by atoms with Gasteiger partial charge < -0.3 is 0 Å². The molecule has 2 aromatic heterocycles. The molecule has 0 saturated carbocycles. The van der Waals surface area contributed by atoms with Crippen LogP contribution in [0.15, 0.2) is 176 Å². The third kappa shape index (κ3) is 4.23. The van der Waals surface area contributed by atoms with Crippen molar-refractivity contribution < 1.29 is 0 Å². The molecule has 0 fully saturated rings. The summed E-state index contributed by atoms with van der Waals surface area (Å²) in [7, 11) is 0. The van der Waals surface area contributed by atoms with Gasteiger partial charge in [-0.3, -0.25) is 4.57 Å². The van der Waals surface area contributed by atoms with E-state index in [4.69, 9.17) is 9.97 Å². The normalized spacial score (nSPS) is 13.3. The summed E-state index contributed by atoms with van der Waals surface area (Å²) in [5.74, 6) is 0.837. The van der Waals surface area contributed by atoms with Crippen molar-refractivity contribution in [1.29, 1.82) is 0 Å². The molecule has 0 unspecified atom stereocenters. The fourth-order valence-corrected chi connectivity index (χ4v) is 9.70. The maximum Gasteiger partial charge on any atom is 0.165 e. The SMILES string of the molecule is CC1(C)c2ccccc2-c2nc(-n3c4ccc5ccccc5c4c4c5c6ccccc6c6ccccc6c5ccc43)c(-c3ccc(-c4ccccc4)cc3)nc21. The average molecular weight is 714 g/mol. The van der Waals surface area contributed by atoms with Crippen LogP contribution in [0.5, 0.6) is 0 Å². The van der Waals surface area contributed by atoms with Crippen molar-refractivity contribution in [2.75, 3.05) is 0 Å². The highest BCUT2D eigenvalue weighted by Gasteiger charge is 2.39. The van der Waals surface area contributed by atoms with Gasteiger partial charge >= 0.3 is 0 Å². The minimum absolute atomic E-state index is 0.302. The van der Waals surface area contributed by atoms with E-state index < -0.39 is 0 Å². The number of hydrogen-bond donors (Lipinski definition) is 0. The van der Waals surface area contributed by atoms with Crippen molar-refractivity contribution in [3.05, 3.63) is 187 Å². The Morgan fingerprint density at radius 2 is 0.946 bits per heavy atom. The first-order valence-corrected chi connectivity index (χ1v) is 19.4. The quantitative estimate of drug-likeness (QED) is 0.171. The van der Waals surface area contributed by atoms with Crippen LogP contribution >= 0.6 is 0 Å². The summed E-state index contributed by atoms with van der Waals surface area (Å²) in [5, 5.41) is 12.5. The van der Waals surface area contributed by atoms with E-state index in [-0.39, 0.29) is 5.41 Å². The Morgan fingerprint density at radius 1 is 0.393 bits per heavy atom. The largest absolute Gasteiger partial charge is 0.292 e. The lowest BCUT2D eigenvalue weighted by molar-refractivity contribution is 0.635. The van der Waals surface area contributed by atoms with Crippen LogP contribution in [-0.2, 0) is 5.41 Å². The Balaban J connectivity index is 1.26. The van der Waals surface area contributed by atoms with E-state index in [1.165, 1.54) is 70.6 Å². The first kappa shape index (κ1) is 31.3. The first-order valence-electron chi connectivity index (χ1n) is 19.4. The fraction of sp³-hybridized carbons (Fsp3) is 0.0566. The minimum Gasteiger partial charge on any atom is -0.292 e. The number of fused-ring (bicyclic) bond motifs is 15. The second-order valence-corrected chi connectivity index (χ2v) is 15.7. The summed E-state index contributed by atoms with van der Waals surface area (Å²) in [6, 6.07) is 63.9. The van der Waals surface area contributed by atoms with Gasteiger partial charge in [0.1, 0.15) is 5.69 Å². The second kappa shape index (κ2) is 11.5. The molecule has 9 aromatic carbocycles. The summed E-state index contributed by atoms with van der Waals surface area (Å²) >= 11 is 0. The molecule has 0 radical (unpaired) electrons. The minimum atomic E-state index is -0.302. The Bertz CT molecular complexity index is 3390. The average Bonchev–Trinajstić information content (AvgIpc) is 3.72. The molecule has 56 heavy (non-hydrogen) atoms. The maximum atomic E-state index is 5.76. The predicted octanol–water partition coefficient (Wildman–Crippen LogP) is 13.8.